The zero-order chi connectivity index (χ0) is 26.5. The summed E-state index contributed by atoms with van der Waals surface area (Å²) in [5.41, 5.74) is 2.22. The standard InChI is InChI=1S/C27H35FN6O3/c1-5-7-18(3)25-29-26(33-16-14-32(15-17-33)22(35)12-13-23(36)37-6-2)24-19(4)31-34(27(24)30-25)21-10-8-20(28)9-11-21/h8-11,18H,5-7,12-17H2,1-4H3. The van der Waals surface area contributed by atoms with Crippen molar-refractivity contribution in [3.05, 3.63) is 41.6 Å². The fraction of sp³-hybridized carbons (Fsp3) is 0.519. The average molecular weight is 511 g/mol. The molecule has 0 N–H and O–H groups in total. The highest BCUT2D eigenvalue weighted by Crippen LogP contribution is 2.32. The number of piperazine rings is 1. The summed E-state index contributed by atoms with van der Waals surface area (Å²) in [5, 5.41) is 5.61. The van der Waals surface area contributed by atoms with E-state index in [0.717, 1.165) is 41.3 Å². The van der Waals surface area contributed by atoms with Crippen molar-refractivity contribution in [2.45, 2.75) is 59.3 Å². The molecular formula is C27H35FN6O3. The summed E-state index contributed by atoms with van der Waals surface area (Å²) in [7, 11) is 0. The second-order valence-corrected chi connectivity index (χ2v) is 9.44. The number of benzene rings is 1. The molecule has 2 aromatic heterocycles. The number of fused-ring (bicyclic) bond motifs is 1. The summed E-state index contributed by atoms with van der Waals surface area (Å²) in [4.78, 5) is 38.2. The third-order valence-electron chi connectivity index (χ3n) is 6.71. The minimum absolute atomic E-state index is 0.0434. The Morgan fingerprint density at radius 2 is 1.76 bits per heavy atom. The molecule has 9 nitrogen and oxygen atoms in total. The molecule has 3 aromatic rings. The maximum Gasteiger partial charge on any atom is 0.306 e. The summed E-state index contributed by atoms with van der Waals surface area (Å²) < 4.78 is 20.3. The van der Waals surface area contributed by atoms with Gasteiger partial charge in [-0.15, -0.1) is 0 Å². The van der Waals surface area contributed by atoms with Crippen LogP contribution in [0.3, 0.4) is 0 Å². The van der Waals surface area contributed by atoms with E-state index in [1.807, 2.05) is 6.92 Å². The Morgan fingerprint density at radius 3 is 2.41 bits per heavy atom. The van der Waals surface area contributed by atoms with Crippen LogP contribution in [-0.4, -0.2) is 69.3 Å². The predicted octanol–water partition coefficient (Wildman–Crippen LogP) is 4.16. The molecule has 1 aromatic carbocycles. The largest absolute Gasteiger partial charge is 0.466 e. The van der Waals surface area contributed by atoms with Crippen molar-refractivity contribution in [2.75, 3.05) is 37.7 Å². The van der Waals surface area contributed by atoms with E-state index in [9.17, 15) is 14.0 Å². The number of esters is 1. The van der Waals surface area contributed by atoms with Crippen LogP contribution in [0.1, 0.15) is 63.9 Å². The predicted molar refractivity (Wildman–Crippen MR) is 139 cm³/mol. The minimum Gasteiger partial charge on any atom is -0.466 e. The molecule has 0 radical (unpaired) electrons. The maximum atomic E-state index is 13.6. The van der Waals surface area contributed by atoms with Gasteiger partial charge in [-0.25, -0.2) is 19.0 Å². The highest BCUT2D eigenvalue weighted by atomic mass is 19.1. The number of halogens is 1. The van der Waals surface area contributed by atoms with Gasteiger partial charge >= 0.3 is 5.97 Å². The Hall–Kier alpha value is -3.56. The van der Waals surface area contributed by atoms with Crippen LogP contribution in [0, 0.1) is 12.7 Å². The average Bonchev–Trinajstić information content (AvgIpc) is 3.24. The first kappa shape index (κ1) is 26.5. The molecule has 1 saturated heterocycles. The lowest BCUT2D eigenvalue weighted by Gasteiger charge is -2.36. The molecule has 198 valence electrons. The summed E-state index contributed by atoms with van der Waals surface area (Å²) >= 11 is 0. The number of aromatic nitrogens is 4. The quantitative estimate of drug-likeness (QED) is 0.399. The van der Waals surface area contributed by atoms with E-state index >= 15 is 0 Å². The highest BCUT2D eigenvalue weighted by molar-refractivity contribution is 5.91. The smallest absolute Gasteiger partial charge is 0.306 e. The zero-order valence-electron chi connectivity index (χ0n) is 22.0. The lowest BCUT2D eigenvalue weighted by atomic mass is 10.1. The van der Waals surface area contributed by atoms with E-state index in [2.05, 4.69) is 18.7 Å². The van der Waals surface area contributed by atoms with E-state index < -0.39 is 0 Å². The van der Waals surface area contributed by atoms with E-state index in [1.54, 1.807) is 28.6 Å². The second-order valence-electron chi connectivity index (χ2n) is 9.44. The number of hydrogen-bond donors (Lipinski definition) is 0. The van der Waals surface area contributed by atoms with Gasteiger partial charge in [0, 0.05) is 38.5 Å². The van der Waals surface area contributed by atoms with Gasteiger partial charge in [0.1, 0.15) is 17.5 Å². The third kappa shape index (κ3) is 5.89. The van der Waals surface area contributed by atoms with E-state index in [1.165, 1.54) is 12.1 Å². The molecule has 1 fully saturated rings. The van der Waals surface area contributed by atoms with E-state index in [-0.39, 0.29) is 36.5 Å². The van der Waals surface area contributed by atoms with Crippen LogP contribution in [0.5, 0.6) is 0 Å². The van der Waals surface area contributed by atoms with E-state index in [4.69, 9.17) is 19.8 Å². The molecule has 37 heavy (non-hydrogen) atoms. The first-order valence-electron chi connectivity index (χ1n) is 13.0. The number of amides is 1. The molecule has 10 heteroatoms. The van der Waals surface area contributed by atoms with Crippen LogP contribution in [-0.2, 0) is 14.3 Å². The lowest BCUT2D eigenvalue weighted by molar-refractivity contribution is -0.145. The summed E-state index contributed by atoms with van der Waals surface area (Å²) in [6.45, 7) is 10.6. The molecule has 0 bridgehead atoms. The van der Waals surface area contributed by atoms with Crippen molar-refractivity contribution in [1.82, 2.24) is 24.6 Å². The fourth-order valence-corrected chi connectivity index (χ4v) is 4.72. The zero-order valence-corrected chi connectivity index (χ0v) is 22.0. The third-order valence-corrected chi connectivity index (χ3v) is 6.71. The van der Waals surface area contributed by atoms with Gasteiger partial charge in [0.15, 0.2) is 5.65 Å². The number of anilines is 1. The van der Waals surface area contributed by atoms with Crippen LogP contribution < -0.4 is 4.90 Å². The minimum atomic E-state index is -0.347. The van der Waals surface area contributed by atoms with Crippen LogP contribution in [0.25, 0.3) is 16.7 Å². The fourth-order valence-electron chi connectivity index (χ4n) is 4.72. The number of nitrogens with zero attached hydrogens (tertiary/aromatic N) is 6. The molecule has 1 atom stereocenters. The topological polar surface area (TPSA) is 93.5 Å². The number of ether oxygens (including phenoxy) is 1. The molecule has 1 aliphatic heterocycles. The maximum absolute atomic E-state index is 13.6. The Morgan fingerprint density at radius 1 is 1.05 bits per heavy atom. The molecule has 0 saturated carbocycles. The van der Waals surface area contributed by atoms with Crippen molar-refractivity contribution < 1.29 is 18.7 Å². The normalized spacial score (nSPS) is 14.7. The van der Waals surface area contributed by atoms with Gasteiger partial charge < -0.3 is 14.5 Å². The Kier molecular flexibility index (Phi) is 8.35. The molecule has 1 unspecified atom stereocenters. The van der Waals surface area contributed by atoms with Crippen LogP contribution >= 0.6 is 0 Å². The van der Waals surface area contributed by atoms with Gasteiger partial charge in [-0.1, -0.05) is 20.3 Å². The van der Waals surface area contributed by atoms with Crippen molar-refractivity contribution in [2.24, 2.45) is 0 Å². The Labute approximate surface area is 216 Å². The molecular weight excluding hydrogens is 475 g/mol. The number of carbonyl (C=O) groups excluding carboxylic acids is 2. The number of aryl methyl sites for hydroxylation is 1. The van der Waals surface area contributed by atoms with Gasteiger partial charge in [0.2, 0.25) is 5.91 Å². The van der Waals surface area contributed by atoms with Gasteiger partial charge in [0.05, 0.1) is 29.8 Å². The molecule has 1 amide bonds. The van der Waals surface area contributed by atoms with Gasteiger partial charge in [-0.05, 0) is 44.5 Å². The lowest BCUT2D eigenvalue weighted by Crippen LogP contribution is -2.49. The Balaban J connectivity index is 1.62. The van der Waals surface area contributed by atoms with E-state index in [0.29, 0.717) is 38.4 Å². The SMILES string of the molecule is CCCC(C)c1nc(N2CCN(C(=O)CCC(=O)OCC)CC2)c2c(C)nn(-c3ccc(F)cc3)c2n1. The summed E-state index contributed by atoms with van der Waals surface area (Å²) in [5.74, 6) is 1.03. The van der Waals surface area contributed by atoms with Crippen LogP contribution in [0.4, 0.5) is 10.2 Å². The van der Waals surface area contributed by atoms with Crippen molar-refractivity contribution in [1.29, 1.82) is 0 Å². The number of rotatable bonds is 9. The molecule has 0 spiro atoms. The van der Waals surface area contributed by atoms with Gasteiger partial charge in [0.25, 0.3) is 0 Å². The van der Waals surface area contributed by atoms with Gasteiger partial charge in [-0.2, -0.15) is 5.10 Å². The first-order chi connectivity index (χ1) is 17.8. The van der Waals surface area contributed by atoms with Crippen LogP contribution in [0.2, 0.25) is 0 Å². The highest BCUT2D eigenvalue weighted by Gasteiger charge is 2.27. The second kappa shape index (κ2) is 11.7. The van der Waals surface area contributed by atoms with Crippen LogP contribution in [0.15, 0.2) is 24.3 Å². The van der Waals surface area contributed by atoms with Crippen molar-refractivity contribution >= 4 is 28.7 Å². The molecule has 4 rings (SSSR count). The Bertz CT molecular complexity index is 1250. The summed E-state index contributed by atoms with van der Waals surface area (Å²) in [6.07, 6.45) is 2.22. The van der Waals surface area contributed by atoms with Gasteiger partial charge in [-0.3, -0.25) is 9.59 Å². The molecule has 1 aliphatic rings. The monoisotopic (exact) mass is 510 g/mol. The molecule has 3 heterocycles. The van der Waals surface area contributed by atoms with Crippen molar-refractivity contribution in [3.63, 3.8) is 0 Å². The number of hydrogen-bond acceptors (Lipinski definition) is 7. The molecule has 0 aliphatic carbocycles. The summed E-state index contributed by atoms with van der Waals surface area (Å²) in [6, 6.07) is 6.22. The van der Waals surface area contributed by atoms with Crippen molar-refractivity contribution in [3.8, 4) is 5.69 Å². The first-order valence-corrected chi connectivity index (χ1v) is 13.0. The number of carbonyl (C=O) groups is 2.